The van der Waals surface area contributed by atoms with Crippen LogP contribution in [0.25, 0.3) is 16.6 Å². The third-order valence-electron chi connectivity index (χ3n) is 5.53. The van der Waals surface area contributed by atoms with E-state index in [-0.39, 0.29) is 18.9 Å². The van der Waals surface area contributed by atoms with Gasteiger partial charge in [0.05, 0.1) is 22.8 Å². The number of anilines is 1. The molecule has 0 aliphatic carbocycles. The molecule has 0 aliphatic heterocycles. The van der Waals surface area contributed by atoms with E-state index in [4.69, 9.17) is 4.74 Å². The highest BCUT2D eigenvalue weighted by Gasteiger charge is 2.17. The van der Waals surface area contributed by atoms with Crippen molar-refractivity contribution in [1.29, 1.82) is 0 Å². The molecule has 7 heteroatoms. The number of hydrogen-bond donors (Lipinski definition) is 2. The van der Waals surface area contributed by atoms with Crippen molar-refractivity contribution < 1.29 is 14.3 Å². The topological polar surface area (TPSA) is 89.0 Å². The summed E-state index contributed by atoms with van der Waals surface area (Å²) in [6.07, 6.45) is 0.762. The van der Waals surface area contributed by atoms with E-state index >= 15 is 0 Å². The van der Waals surface area contributed by atoms with Crippen LogP contribution in [0.5, 0.6) is 0 Å². The molecule has 0 aliphatic rings. The molecule has 4 aromatic rings. The molecule has 0 unspecified atom stereocenters. The molecular weight excluding hydrogens is 404 g/mol. The first kappa shape index (κ1) is 21.4. The zero-order valence-corrected chi connectivity index (χ0v) is 18.4. The van der Waals surface area contributed by atoms with E-state index in [0.29, 0.717) is 17.8 Å². The van der Waals surface area contributed by atoms with Crippen LogP contribution >= 0.6 is 0 Å². The SMILES string of the molecule is Cc1nn(-c2ccccc2)c(C)c1NC(=O)COC(=O)CCc1c(C)[nH]c2ccccc12. The molecule has 2 N–H and O–H groups in total. The number of esters is 1. The second-order valence-electron chi connectivity index (χ2n) is 7.78. The fraction of sp³-hybridized carbons (Fsp3) is 0.240. The third kappa shape index (κ3) is 4.42. The van der Waals surface area contributed by atoms with Gasteiger partial charge in [0, 0.05) is 23.0 Å². The number of H-pyrrole nitrogens is 1. The van der Waals surface area contributed by atoms with Crippen LogP contribution in [0.1, 0.15) is 29.1 Å². The lowest BCUT2D eigenvalue weighted by Gasteiger charge is -2.08. The van der Waals surface area contributed by atoms with Gasteiger partial charge >= 0.3 is 5.97 Å². The standard InChI is InChI=1S/C25H26N4O3/c1-16-20(21-11-7-8-12-22(21)26-16)13-14-24(31)32-15-23(30)27-25-17(2)28-29(18(25)3)19-9-5-4-6-10-19/h4-12,26H,13-15H2,1-3H3,(H,27,30). The highest BCUT2D eigenvalue weighted by atomic mass is 16.5. The van der Waals surface area contributed by atoms with Crippen molar-refractivity contribution in [1.82, 2.24) is 14.8 Å². The van der Waals surface area contributed by atoms with Gasteiger partial charge in [-0.05, 0) is 51.0 Å². The molecule has 0 saturated heterocycles. The molecule has 2 aromatic heterocycles. The second kappa shape index (κ2) is 9.09. The van der Waals surface area contributed by atoms with Crippen LogP contribution in [0.2, 0.25) is 0 Å². The number of para-hydroxylation sites is 2. The maximum atomic E-state index is 12.4. The Labute approximate surface area is 186 Å². The molecule has 2 heterocycles. The normalized spacial score (nSPS) is 11.0. The minimum absolute atomic E-state index is 0.208. The Balaban J connectivity index is 1.33. The predicted molar refractivity (Wildman–Crippen MR) is 124 cm³/mol. The van der Waals surface area contributed by atoms with Crippen molar-refractivity contribution in [3.05, 3.63) is 77.2 Å². The predicted octanol–water partition coefficient (Wildman–Crippen LogP) is 4.39. The van der Waals surface area contributed by atoms with Gasteiger partial charge in [-0.2, -0.15) is 5.10 Å². The van der Waals surface area contributed by atoms with Gasteiger partial charge in [0.2, 0.25) is 0 Å². The van der Waals surface area contributed by atoms with Crippen LogP contribution in [0.15, 0.2) is 54.6 Å². The van der Waals surface area contributed by atoms with Crippen LogP contribution in [0, 0.1) is 20.8 Å². The molecule has 0 bridgehead atoms. The first-order valence-electron chi connectivity index (χ1n) is 10.6. The molecule has 0 spiro atoms. The number of fused-ring (bicyclic) bond motifs is 1. The Hall–Kier alpha value is -3.87. The van der Waals surface area contributed by atoms with Gasteiger partial charge in [-0.3, -0.25) is 9.59 Å². The number of aromatic amines is 1. The molecule has 1 amide bonds. The summed E-state index contributed by atoms with van der Waals surface area (Å²) in [4.78, 5) is 28.0. The summed E-state index contributed by atoms with van der Waals surface area (Å²) in [7, 11) is 0. The van der Waals surface area contributed by atoms with Gasteiger partial charge in [0.15, 0.2) is 6.61 Å². The first-order chi connectivity index (χ1) is 15.4. The van der Waals surface area contributed by atoms with Gasteiger partial charge in [0.25, 0.3) is 5.91 Å². The lowest BCUT2D eigenvalue weighted by molar-refractivity contribution is -0.147. The third-order valence-corrected chi connectivity index (χ3v) is 5.53. The molecule has 0 fully saturated rings. The van der Waals surface area contributed by atoms with Crippen LogP contribution in [-0.4, -0.2) is 33.2 Å². The monoisotopic (exact) mass is 430 g/mol. The molecule has 0 saturated carbocycles. The zero-order valence-electron chi connectivity index (χ0n) is 18.4. The number of carbonyl (C=O) groups excluding carboxylic acids is 2. The van der Waals surface area contributed by atoms with Gasteiger partial charge in [-0.25, -0.2) is 4.68 Å². The van der Waals surface area contributed by atoms with Crippen LogP contribution in [0.4, 0.5) is 5.69 Å². The van der Waals surface area contributed by atoms with Gasteiger partial charge in [-0.1, -0.05) is 36.4 Å². The molecular formula is C25H26N4O3. The minimum atomic E-state index is -0.404. The summed E-state index contributed by atoms with van der Waals surface area (Å²) in [5.74, 6) is -0.793. The fourth-order valence-electron chi connectivity index (χ4n) is 3.92. The number of amides is 1. The Morgan fingerprint density at radius 3 is 2.53 bits per heavy atom. The zero-order chi connectivity index (χ0) is 22.7. The summed E-state index contributed by atoms with van der Waals surface area (Å²) in [5.41, 5.74) is 6.23. The molecule has 0 radical (unpaired) electrons. The minimum Gasteiger partial charge on any atom is -0.456 e. The Morgan fingerprint density at radius 2 is 1.75 bits per heavy atom. The van der Waals surface area contributed by atoms with Crippen molar-refractivity contribution in [3.8, 4) is 5.69 Å². The van der Waals surface area contributed by atoms with Crippen molar-refractivity contribution in [2.24, 2.45) is 0 Å². The lowest BCUT2D eigenvalue weighted by atomic mass is 10.1. The summed E-state index contributed by atoms with van der Waals surface area (Å²) in [6, 6.07) is 17.7. The summed E-state index contributed by atoms with van der Waals surface area (Å²) < 4.78 is 6.99. The number of carbonyl (C=O) groups is 2. The highest BCUT2D eigenvalue weighted by Crippen LogP contribution is 2.24. The van der Waals surface area contributed by atoms with Crippen molar-refractivity contribution in [2.45, 2.75) is 33.6 Å². The Morgan fingerprint density at radius 1 is 1.03 bits per heavy atom. The smallest absolute Gasteiger partial charge is 0.306 e. The molecule has 164 valence electrons. The fourth-order valence-corrected chi connectivity index (χ4v) is 3.92. The van der Waals surface area contributed by atoms with E-state index in [2.05, 4.69) is 15.4 Å². The van der Waals surface area contributed by atoms with E-state index < -0.39 is 5.97 Å². The number of benzene rings is 2. The van der Waals surface area contributed by atoms with Crippen molar-refractivity contribution >= 4 is 28.5 Å². The molecule has 7 nitrogen and oxygen atoms in total. The van der Waals surface area contributed by atoms with Crippen LogP contribution < -0.4 is 5.32 Å². The number of aromatic nitrogens is 3. The number of hydrogen-bond acceptors (Lipinski definition) is 4. The van der Waals surface area contributed by atoms with Gasteiger partial charge in [0.1, 0.15) is 0 Å². The van der Waals surface area contributed by atoms with E-state index in [1.54, 1.807) is 4.68 Å². The van der Waals surface area contributed by atoms with Gasteiger partial charge < -0.3 is 15.0 Å². The first-order valence-corrected chi connectivity index (χ1v) is 10.6. The average molecular weight is 431 g/mol. The van der Waals surface area contributed by atoms with Crippen molar-refractivity contribution in [2.75, 3.05) is 11.9 Å². The second-order valence-corrected chi connectivity index (χ2v) is 7.78. The van der Waals surface area contributed by atoms with E-state index in [1.165, 1.54) is 0 Å². The molecule has 2 aromatic carbocycles. The molecule has 32 heavy (non-hydrogen) atoms. The Bertz CT molecular complexity index is 1270. The quantitative estimate of drug-likeness (QED) is 0.426. The Kier molecular flexibility index (Phi) is 6.07. The summed E-state index contributed by atoms with van der Waals surface area (Å²) in [6.45, 7) is 5.38. The molecule has 4 rings (SSSR count). The van der Waals surface area contributed by atoms with Crippen LogP contribution in [0.3, 0.4) is 0 Å². The molecule has 0 atom stereocenters. The largest absolute Gasteiger partial charge is 0.456 e. The van der Waals surface area contributed by atoms with E-state index in [1.807, 2.05) is 75.4 Å². The number of ether oxygens (including phenoxy) is 1. The number of rotatable bonds is 7. The average Bonchev–Trinajstić information content (AvgIpc) is 3.27. The van der Waals surface area contributed by atoms with E-state index in [9.17, 15) is 9.59 Å². The van der Waals surface area contributed by atoms with Gasteiger partial charge in [-0.15, -0.1) is 0 Å². The highest BCUT2D eigenvalue weighted by molar-refractivity contribution is 5.94. The van der Waals surface area contributed by atoms with Crippen molar-refractivity contribution in [3.63, 3.8) is 0 Å². The maximum Gasteiger partial charge on any atom is 0.306 e. The maximum absolute atomic E-state index is 12.4. The number of nitrogens with one attached hydrogen (secondary N) is 2. The summed E-state index contributed by atoms with van der Waals surface area (Å²) in [5, 5.41) is 8.44. The lowest BCUT2D eigenvalue weighted by Crippen LogP contribution is -2.21. The summed E-state index contributed by atoms with van der Waals surface area (Å²) >= 11 is 0. The number of aryl methyl sites for hydroxylation is 3. The van der Waals surface area contributed by atoms with Crippen LogP contribution in [-0.2, 0) is 20.7 Å². The van der Waals surface area contributed by atoms with E-state index in [0.717, 1.165) is 33.5 Å². The number of nitrogens with zero attached hydrogens (tertiary/aromatic N) is 2.